The highest BCUT2D eigenvalue weighted by atomic mass is 35.5. The Balaban J connectivity index is 1.71. The lowest BCUT2D eigenvalue weighted by Gasteiger charge is -2.35. The Hall–Kier alpha value is -1.85. The second-order valence-corrected chi connectivity index (χ2v) is 6.80. The molecule has 1 aromatic heterocycles. The molecule has 1 aromatic carbocycles. The van der Waals surface area contributed by atoms with Crippen LogP contribution in [0.1, 0.15) is 37.0 Å². The summed E-state index contributed by atoms with van der Waals surface area (Å²) in [6, 6.07) is 7.51. The molecule has 1 atom stereocenters. The van der Waals surface area contributed by atoms with Gasteiger partial charge in [-0.05, 0) is 38.8 Å². The van der Waals surface area contributed by atoms with Crippen LogP contribution in [0.4, 0.5) is 0 Å². The predicted molar refractivity (Wildman–Crippen MR) is 89.1 cm³/mol. The van der Waals surface area contributed by atoms with Gasteiger partial charge in [-0.25, -0.2) is 4.68 Å². The Morgan fingerprint density at radius 2 is 2.22 bits per heavy atom. The first-order valence-electron chi connectivity index (χ1n) is 7.69. The number of halogens is 1. The molecule has 0 spiro atoms. The van der Waals surface area contributed by atoms with E-state index in [1.165, 1.54) is 0 Å². The number of nitrogens with one attached hydrogen (secondary N) is 1. The average Bonchev–Trinajstić information content (AvgIpc) is 2.96. The van der Waals surface area contributed by atoms with Crippen LogP contribution in [0.5, 0.6) is 0 Å². The first-order valence-corrected chi connectivity index (χ1v) is 8.07. The molecule has 1 unspecified atom stereocenters. The van der Waals surface area contributed by atoms with E-state index in [9.17, 15) is 4.79 Å². The van der Waals surface area contributed by atoms with Crippen LogP contribution in [0.2, 0.25) is 5.02 Å². The lowest BCUT2D eigenvalue weighted by molar-refractivity contribution is -0.0615. The predicted octanol–water partition coefficient (Wildman–Crippen LogP) is 3.21. The van der Waals surface area contributed by atoms with Crippen LogP contribution in [0.3, 0.4) is 0 Å². The molecular formula is C17H20ClN3O2. The lowest BCUT2D eigenvalue weighted by atomic mass is 9.94. The third kappa shape index (κ3) is 3.74. The summed E-state index contributed by atoms with van der Waals surface area (Å²) in [6.45, 7) is 4.75. The molecule has 2 heterocycles. The normalized spacial score (nSPS) is 20.2. The minimum Gasteiger partial charge on any atom is -0.375 e. The largest absolute Gasteiger partial charge is 0.375 e. The number of carbonyl (C=O) groups excluding carboxylic acids is 1. The second kappa shape index (κ2) is 6.34. The summed E-state index contributed by atoms with van der Waals surface area (Å²) >= 11 is 6.16. The van der Waals surface area contributed by atoms with E-state index in [0.29, 0.717) is 17.2 Å². The Kier molecular flexibility index (Phi) is 4.41. The van der Waals surface area contributed by atoms with E-state index < -0.39 is 0 Å². The quantitative estimate of drug-likeness (QED) is 0.938. The molecule has 1 aliphatic heterocycles. The molecule has 2 aromatic rings. The summed E-state index contributed by atoms with van der Waals surface area (Å²) < 4.78 is 7.29. The van der Waals surface area contributed by atoms with Gasteiger partial charge in [-0.1, -0.05) is 23.7 Å². The van der Waals surface area contributed by atoms with Crippen molar-refractivity contribution in [2.75, 3.05) is 6.61 Å². The van der Waals surface area contributed by atoms with Crippen LogP contribution in [0, 0.1) is 0 Å². The molecule has 1 amide bonds. The summed E-state index contributed by atoms with van der Waals surface area (Å²) in [4.78, 5) is 12.4. The number of amides is 1. The van der Waals surface area contributed by atoms with Gasteiger partial charge in [-0.3, -0.25) is 4.79 Å². The van der Waals surface area contributed by atoms with Gasteiger partial charge in [0.05, 0.1) is 28.1 Å². The molecule has 3 rings (SSSR count). The molecule has 23 heavy (non-hydrogen) atoms. The van der Waals surface area contributed by atoms with Crippen molar-refractivity contribution < 1.29 is 9.53 Å². The topological polar surface area (TPSA) is 56.2 Å². The molecule has 5 nitrogen and oxygen atoms in total. The summed E-state index contributed by atoms with van der Waals surface area (Å²) in [5.41, 5.74) is 1.08. The van der Waals surface area contributed by atoms with Crippen LogP contribution >= 0.6 is 11.6 Å². The number of ether oxygens (including phenoxy) is 1. The van der Waals surface area contributed by atoms with Crippen molar-refractivity contribution in [3.05, 3.63) is 47.2 Å². The molecule has 122 valence electrons. The van der Waals surface area contributed by atoms with Crippen LogP contribution in [0.15, 0.2) is 36.7 Å². The van der Waals surface area contributed by atoms with E-state index in [2.05, 4.69) is 10.4 Å². The van der Waals surface area contributed by atoms with Gasteiger partial charge < -0.3 is 10.1 Å². The number of aromatic nitrogens is 2. The number of para-hydroxylation sites is 1. The van der Waals surface area contributed by atoms with Crippen molar-refractivity contribution in [1.82, 2.24) is 15.1 Å². The standard InChI is InChI=1S/C17H20ClN3O2/c1-17(2)9-13(7-8-23-17)20-16(22)12-10-19-21(11-12)15-6-4-3-5-14(15)18/h3-6,10-11,13H,7-9H2,1-2H3,(H,20,22). The zero-order valence-corrected chi connectivity index (χ0v) is 14.0. The molecule has 0 radical (unpaired) electrons. The number of carbonyl (C=O) groups is 1. The smallest absolute Gasteiger partial charge is 0.254 e. The van der Waals surface area contributed by atoms with Gasteiger partial charge in [0.15, 0.2) is 0 Å². The Morgan fingerprint density at radius 1 is 1.43 bits per heavy atom. The molecule has 1 N–H and O–H groups in total. The molecule has 1 fully saturated rings. The van der Waals surface area contributed by atoms with Gasteiger partial charge in [-0.15, -0.1) is 0 Å². The van der Waals surface area contributed by atoms with Crippen molar-refractivity contribution in [2.24, 2.45) is 0 Å². The Labute approximate surface area is 140 Å². The Bertz CT molecular complexity index is 711. The fourth-order valence-corrected chi connectivity index (χ4v) is 3.06. The van der Waals surface area contributed by atoms with Crippen molar-refractivity contribution in [1.29, 1.82) is 0 Å². The van der Waals surface area contributed by atoms with Crippen LogP contribution in [0.25, 0.3) is 5.69 Å². The Morgan fingerprint density at radius 3 is 2.96 bits per heavy atom. The molecular weight excluding hydrogens is 314 g/mol. The van der Waals surface area contributed by atoms with E-state index in [-0.39, 0.29) is 17.6 Å². The van der Waals surface area contributed by atoms with Crippen molar-refractivity contribution >= 4 is 17.5 Å². The maximum absolute atomic E-state index is 12.4. The molecule has 0 saturated carbocycles. The first kappa shape index (κ1) is 16.0. The van der Waals surface area contributed by atoms with Gasteiger partial charge in [-0.2, -0.15) is 5.10 Å². The van der Waals surface area contributed by atoms with Gasteiger partial charge in [0.1, 0.15) is 0 Å². The highest BCUT2D eigenvalue weighted by Crippen LogP contribution is 2.24. The van der Waals surface area contributed by atoms with Crippen molar-refractivity contribution in [2.45, 2.75) is 38.3 Å². The lowest BCUT2D eigenvalue weighted by Crippen LogP contribution is -2.45. The van der Waals surface area contributed by atoms with E-state index in [1.54, 1.807) is 23.1 Å². The highest BCUT2D eigenvalue weighted by Gasteiger charge is 2.30. The fourth-order valence-electron chi connectivity index (χ4n) is 2.83. The fraction of sp³-hybridized carbons (Fsp3) is 0.412. The molecule has 1 aliphatic rings. The zero-order valence-electron chi connectivity index (χ0n) is 13.3. The minimum atomic E-state index is -0.196. The van der Waals surface area contributed by atoms with Gasteiger partial charge in [0, 0.05) is 18.8 Å². The third-order valence-electron chi connectivity index (χ3n) is 3.98. The average molecular weight is 334 g/mol. The van der Waals surface area contributed by atoms with E-state index in [1.807, 2.05) is 32.0 Å². The van der Waals surface area contributed by atoms with E-state index >= 15 is 0 Å². The number of rotatable bonds is 3. The summed E-state index contributed by atoms with van der Waals surface area (Å²) in [7, 11) is 0. The number of nitrogens with zero attached hydrogens (tertiary/aromatic N) is 2. The van der Waals surface area contributed by atoms with Gasteiger partial charge in [0.2, 0.25) is 0 Å². The van der Waals surface area contributed by atoms with Crippen molar-refractivity contribution in [3.8, 4) is 5.69 Å². The first-order chi connectivity index (χ1) is 10.9. The molecule has 0 aliphatic carbocycles. The van der Waals surface area contributed by atoms with E-state index in [4.69, 9.17) is 16.3 Å². The van der Waals surface area contributed by atoms with Crippen LogP contribution in [-0.4, -0.2) is 33.9 Å². The van der Waals surface area contributed by atoms with Crippen LogP contribution < -0.4 is 5.32 Å². The molecule has 6 heteroatoms. The maximum atomic E-state index is 12.4. The number of benzene rings is 1. The third-order valence-corrected chi connectivity index (χ3v) is 4.30. The summed E-state index contributed by atoms with van der Waals surface area (Å²) in [5, 5.41) is 7.89. The van der Waals surface area contributed by atoms with E-state index in [0.717, 1.165) is 18.5 Å². The number of hydrogen-bond acceptors (Lipinski definition) is 3. The van der Waals surface area contributed by atoms with Gasteiger partial charge >= 0.3 is 0 Å². The number of hydrogen-bond donors (Lipinski definition) is 1. The van der Waals surface area contributed by atoms with Gasteiger partial charge in [0.25, 0.3) is 5.91 Å². The monoisotopic (exact) mass is 333 g/mol. The second-order valence-electron chi connectivity index (χ2n) is 6.40. The highest BCUT2D eigenvalue weighted by molar-refractivity contribution is 6.32. The summed E-state index contributed by atoms with van der Waals surface area (Å²) in [6.07, 6.45) is 4.88. The molecule has 1 saturated heterocycles. The SMILES string of the molecule is CC1(C)CC(NC(=O)c2cnn(-c3ccccc3Cl)c2)CCO1. The summed E-state index contributed by atoms with van der Waals surface area (Å²) in [5.74, 6) is -0.119. The van der Waals surface area contributed by atoms with Crippen molar-refractivity contribution in [3.63, 3.8) is 0 Å². The minimum absolute atomic E-state index is 0.119. The molecule has 0 bridgehead atoms. The van der Waals surface area contributed by atoms with Crippen LogP contribution in [-0.2, 0) is 4.74 Å². The maximum Gasteiger partial charge on any atom is 0.254 e. The zero-order chi connectivity index (χ0) is 16.4.